The zero-order valence-corrected chi connectivity index (χ0v) is 11.1. The Morgan fingerprint density at radius 3 is 2.59 bits per heavy atom. The quantitative estimate of drug-likeness (QED) is 0.852. The first-order chi connectivity index (χ1) is 8.06. The van der Waals surface area contributed by atoms with Gasteiger partial charge in [-0.3, -0.25) is 4.68 Å². The number of benzene rings is 1. The van der Waals surface area contributed by atoms with Crippen molar-refractivity contribution in [3.05, 3.63) is 45.7 Å². The van der Waals surface area contributed by atoms with Crippen LogP contribution in [0.25, 0.3) is 0 Å². The predicted molar refractivity (Wildman–Crippen MR) is 68.7 cm³/mol. The molecule has 0 saturated heterocycles. The number of hydrogen-bond donors (Lipinski definition) is 0. The van der Waals surface area contributed by atoms with Gasteiger partial charge in [0, 0.05) is 18.8 Å². The van der Waals surface area contributed by atoms with Gasteiger partial charge in [-0.15, -0.1) is 0 Å². The van der Waals surface area contributed by atoms with Gasteiger partial charge >= 0.3 is 0 Å². The minimum absolute atomic E-state index is 0.416. The lowest BCUT2D eigenvalue weighted by Gasteiger charge is -2.05. The van der Waals surface area contributed by atoms with E-state index in [1.165, 1.54) is 0 Å². The third-order valence-electron chi connectivity index (χ3n) is 2.44. The second-order valence-corrected chi connectivity index (χ2v) is 4.58. The van der Waals surface area contributed by atoms with Gasteiger partial charge < -0.3 is 4.74 Å². The molecule has 0 spiro atoms. The van der Waals surface area contributed by atoms with Crippen molar-refractivity contribution in [2.75, 3.05) is 0 Å². The zero-order chi connectivity index (χ0) is 12.4. The van der Waals surface area contributed by atoms with Crippen LogP contribution in [0, 0.1) is 6.92 Å². The van der Waals surface area contributed by atoms with Crippen LogP contribution in [0.1, 0.15) is 11.4 Å². The maximum Gasteiger partial charge on any atom is 0.132 e. The zero-order valence-electron chi connectivity index (χ0n) is 9.58. The molecule has 0 fully saturated rings. The van der Waals surface area contributed by atoms with Gasteiger partial charge in [0.15, 0.2) is 0 Å². The van der Waals surface area contributed by atoms with Crippen LogP contribution in [-0.2, 0) is 13.7 Å². The minimum atomic E-state index is 0.416. The first kappa shape index (κ1) is 12.3. The lowest BCUT2D eigenvalue weighted by molar-refractivity contribution is 0.300. The third-order valence-corrected chi connectivity index (χ3v) is 3.18. The topological polar surface area (TPSA) is 27.1 Å². The van der Waals surface area contributed by atoms with E-state index in [0.717, 1.165) is 11.4 Å². The van der Waals surface area contributed by atoms with Crippen LogP contribution in [0.3, 0.4) is 0 Å². The molecule has 2 aromatic rings. The number of rotatable bonds is 3. The molecule has 0 aliphatic heterocycles. The normalized spacial score (nSPS) is 10.6. The second kappa shape index (κ2) is 4.98. The van der Waals surface area contributed by atoms with Crippen LogP contribution in [0.5, 0.6) is 5.75 Å². The van der Waals surface area contributed by atoms with E-state index in [-0.39, 0.29) is 0 Å². The summed E-state index contributed by atoms with van der Waals surface area (Å²) < 4.78 is 7.39. The Morgan fingerprint density at radius 2 is 2.00 bits per heavy atom. The molecule has 2 rings (SSSR count). The van der Waals surface area contributed by atoms with E-state index in [9.17, 15) is 0 Å². The number of ether oxygens (including phenoxy) is 1. The van der Waals surface area contributed by atoms with Crippen molar-refractivity contribution in [3.63, 3.8) is 0 Å². The average molecular weight is 271 g/mol. The third kappa shape index (κ3) is 2.93. The molecule has 0 aliphatic rings. The van der Waals surface area contributed by atoms with Gasteiger partial charge in [-0.1, -0.05) is 23.2 Å². The highest BCUT2D eigenvalue weighted by molar-refractivity contribution is 6.42. The lowest BCUT2D eigenvalue weighted by Crippen LogP contribution is -1.98. The van der Waals surface area contributed by atoms with Crippen LogP contribution in [0.2, 0.25) is 10.0 Å². The highest BCUT2D eigenvalue weighted by atomic mass is 35.5. The number of hydrogen-bond acceptors (Lipinski definition) is 2. The second-order valence-electron chi connectivity index (χ2n) is 3.77. The van der Waals surface area contributed by atoms with E-state index < -0.39 is 0 Å². The minimum Gasteiger partial charge on any atom is -0.487 e. The van der Waals surface area contributed by atoms with Gasteiger partial charge in [0.05, 0.1) is 10.0 Å². The van der Waals surface area contributed by atoms with E-state index >= 15 is 0 Å². The highest BCUT2D eigenvalue weighted by Crippen LogP contribution is 2.26. The number of aromatic nitrogens is 2. The fourth-order valence-corrected chi connectivity index (χ4v) is 1.72. The molecule has 0 saturated carbocycles. The molecule has 0 bridgehead atoms. The van der Waals surface area contributed by atoms with Gasteiger partial charge in [0.1, 0.15) is 18.1 Å². The fraction of sp³-hybridized carbons (Fsp3) is 0.250. The lowest BCUT2D eigenvalue weighted by atomic mass is 10.3. The molecule has 90 valence electrons. The molecule has 0 atom stereocenters. The maximum absolute atomic E-state index is 5.89. The number of nitrogens with zero attached hydrogens (tertiary/aromatic N) is 2. The van der Waals surface area contributed by atoms with Gasteiger partial charge in [0.2, 0.25) is 0 Å². The average Bonchev–Trinajstić information content (AvgIpc) is 2.60. The van der Waals surface area contributed by atoms with Crippen molar-refractivity contribution < 1.29 is 4.74 Å². The van der Waals surface area contributed by atoms with Crippen molar-refractivity contribution in [3.8, 4) is 5.75 Å². The summed E-state index contributed by atoms with van der Waals surface area (Å²) in [7, 11) is 1.90. The summed E-state index contributed by atoms with van der Waals surface area (Å²) in [6.45, 7) is 2.41. The van der Waals surface area contributed by atoms with E-state index in [1.807, 2.05) is 24.7 Å². The van der Waals surface area contributed by atoms with E-state index in [1.54, 1.807) is 18.2 Å². The van der Waals surface area contributed by atoms with Crippen molar-refractivity contribution >= 4 is 23.2 Å². The molecule has 0 unspecified atom stereocenters. The highest BCUT2D eigenvalue weighted by Gasteiger charge is 2.04. The largest absolute Gasteiger partial charge is 0.487 e. The van der Waals surface area contributed by atoms with Crippen molar-refractivity contribution in [1.29, 1.82) is 0 Å². The molecule has 5 heteroatoms. The molecule has 17 heavy (non-hydrogen) atoms. The van der Waals surface area contributed by atoms with Gasteiger partial charge in [0.25, 0.3) is 0 Å². The Labute approximate surface area is 110 Å². The van der Waals surface area contributed by atoms with Crippen molar-refractivity contribution in [1.82, 2.24) is 9.78 Å². The Morgan fingerprint density at radius 1 is 1.24 bits per heavy atom. The molecular weight excluding hydrogens is 259 g/mol. The van der Waals surface area contributed by atoms with Crippen LogP contribution < -0.4 is 4.74 Å². The molecule has 0 amide bonds. The van der Waals surface area contributed by atoms with Gasteiger partial charge in [-0.2, -0.15) is 5.10 Å². The Bertz CT molecular complexity index is 518. The molecule has 1 heterocycles. The number of halogens is 2. The predicted octanol–water partition coefficient (Wildman–Crippen LogP) is 3.61. The Hall–Kier alpha value is -1.19. The van der Waals surface area contributed by atoms with E-state index in [2.05, 4.69) is 5.10 Å². The monoisotopic (exact) mass is 270 g/mol. The van der Waals surface area contributed by atoms with E-state index in [0.29, 0.717) is 22.4 Å². The summed E-state index contributed by atoms with van der Waals surface area (Å²) in [4.78, 5) is 0. The molecule has 0 N–H and O–H groups in total. The molecule has 3 nitrogen and oxygen atoms in total. The summed E-state index contributed by atoms with van der Waals surface area (Å²) in [5.74, 6) is 0.683. The van der Waals surface area contributed by atoms with Crippen molar-refractivity contribution in [2.45, 2.75) is 13.5 Å². The van der Waals surface area contributed by atoms with Gasteiger partial charge in [-0.25, -0.2) is 0 Å². The van der Waals surface area contributed by atoms with Crippen LogP contribution in [-0.4, -0.2) is 9.78 Å². The Kier molecular flexibility index (Phi) is 3.60. The molecular formula is C12H12Cl2N2O. The van der Waals surface area contributed by atoms with Crippen LogP contribution in [0.15, 0.2) is 24.3 Å². The number of aryl methyl sites for hydroxylation is 2. The Balaban J connectivity index is 2.04. The summed E-state index contributed by atoms with van der Waals surface area (Å²) in [6.07, 6.45) is 0. The summed E-state index contributed by atoms with van der Waals surface area (Å²) in [6, 6.07) is 7.17. The van der Waals surface area contributed by atoms with Crippen LogP contribution >= 0.6 is 23.2 Å². The molecule has 0 radical (unpaired) electrons. The van der Waals surface area contributed by atoms with Crippen molar-refractivity contribution in [2.24, 2.45) is 7.05 Å². The summed E-state index contributed by atoms with van der Waals surface area (Å²) in [5, 5.41) is 5.31. The van der Waals surface area contributed by atoms with Gasteiger partial charge in [-0.05, 0) is 25.1 Å². The first-order valence-electron chi connectivity index (χ1n) is 5.13. The molecule has 0 aliphatic carbocycles. The van der Waals surface area contributed by atoms with E-state index in [4.69, 9.17) is 27.9 Å². The summed E-state index contributed by atoms with van der Waals surface area (Å²) in [5.41, 5.74) is 1.98. The van der Waals surface area contributed by atoms with Crippen LogP contribution in [0.4, 0.5) is 0 Å². The molecule has 1 aromatic heterocycles. The smallest absolute Gasteiger partial charge is 0.132 e. The molecule has 1 aromatic carbocycles. The standard InChI is InChI=1S/C12H12Cl2N2O/c1-8-5-9(15-16(8)2)7-17-10-3-4-11(13)12(14)6-10/h3-6H,7H2,1-2H3. The first-order valence-corrected chi connectivity index (χ1v) is 5.89. The summed E-state index contributed by atoms with van der Waals surface area (Å²) >= 11 is 11.7. The SMILES string of the molecule is Cc1cc(COc2ccc(Cl)c(Cl)c2)nn1C. The fourth-order valence-electron chi connectivity index (χ4n) is 1.43. The maximum atomic E-state index is 5.89.